The second-order valence-corrected chi connectivity index (χ2v) is 22.8. The van der Waals surface area contributed by atoms with Crippen molar-refractivity contribution in [3.05, 3.63) is 214 Å². The van der Waals surface area contributed by atoms with Gasteiger partial charge in [-0.2, -0.15) is 0 Å². The Morgan fingerprint density at radius 2 is 0.915 bits per heavy atom. The average molecular weight is 940 g/mol. The first-order valence-corrected chi connectivity index (χ1v) is 25.4. The molecule has 0 saturated carbocycles. The van der Waals surface area contributed by atoms with E-state index in [1.807, 2.05) is 93.3 Å². The number of benzene rings is 8. The zero-order valence-electron chi connectivity index (χ0n) is 51.2. The van der Waals surface area contributed by atoms with Gasteiger partial charge >= 0.3 is 0 Å². The number of nitrogens with zero attached hydrogens (tertiary/aromatic N) is 2. The van der Waals surface area contributed by atoms with Gasteiger partial charge in [0, 0.05) is 54.3 Å². The highest BCUT2D eigenvalue weighted by Crippen LogP contribution is 2.58. The summed E-state index contributed by atoms with van der Waals surface area (Å²) < 4.78 is 60.2. The zero-order valence-corrected chi connectivity index (χ0v) is 44.2. The first-order valence-electron chi connectivity index (χ1n) is 29.0. The van der Waals surface area contributed by atoms with Gasteiger partial charge in [-0.3, -0.25) is 0 Å². The van der Waals surface area contributed by atoms with Crippen molar-refractivity contribution in [2.45, 2.75) is 138 Å². The van der Waals surface area contributed by atoms with E-state index in [1.165, 1.54) is 39.1 Å². The summed E-state index contributed by atoms with van der Waals surface area (Å²) in [4.78, 5) is 4.50. The third-order valence-electron chi connectivity index (χ3n) is 14.9. The maximum atomic E-state index is 8.93. The molecule has 0 heterocycles. The van der Waals surface area contributed by atoms with Crippen molar-refractivity contribution in [1.29, 1.82) is 0 Å². The Morgan fingerprint density at radius 1 is 0.465 bits per heavy atom. The molecule has 2 aliphatic rings. The van der Waals surface area contributed by atoms with Crippen LogP contribution < -0.4 is 9.80 Å². The normalized spacial score (nSPS) is 16.2. The third kappa shape index (κ3) is 8.72. The summed E-state index contributed by atoms with van der Waals surface area (Å²) in [6.45, 7) is 23.6. The van der Waals surface area contributed by atoms with Crippen LogP contribution in [0, 0.1) is 13.7 Å². The van der Waals surface area contributed by atoms with Crippen LogP contribution in [0.4, 0.5) is 22.7 Å². The molecule has 0 aromatic heterocycles. The number of anilines is 4. The van der Waals surface area contributed by atoms with Crippen molar-refractivity contribution in [2.24, 2.45) is 0 Å². The van der Waals surface area contributed by atoms with E-state index in [4.69, 9.17) is 9.60 Å². The lowest BCUT2D eigenvalue weighted by molar-refractivity contribution is 0.548. The fraction of sp³-hybridized carbons (Fsp3) is 0.304. The highest BCUT2D eigenvalue weighted by Gasteiger charge is 2.43. The first kappa shape index (κ1) is 41.0. The van der Waals surface area contributed by atoms with E-state index in [0.717, 1.165) is 50.2 Å². The van der Waals surface area contributed by atoms with Crippen LogP contribution in [0.15, 0.2) is 170 Å². The zero-order chi connectivity index (χ0) is 56.7. The van der Waals surface area contributed by atoms with E-state index in [9.17, 15) is 0 Å². The average Bonchev–Trinajstić information content (AvgIpc) is 3.60. The van der Waals surface area contributed by atoms with Crippen LogP contribution in [0.5, 0.6) is 0 Å². The summed E-state index contributed by atoms with van der Waals surface area (Å²) in [6.07, 6.45) is -0.358. The van der Waals surface area contributed by atoms with Gasteiger partial charge in [0.2, 0.25) is 0 Å². The van der Waals surface area contributed by atoms with Gasteiger partial charge < -0.3 is 9.80 Å². The molecule has 2 aliphatic carbocycles. The number of hydrogen-bond acceptors (Lipinski definition) is 2. The van der Waals surface area contributed by atoms with Crippen LogP contribution in [-0.4, -0.2) is 11.1 Å². The summed E-state index contributed by atoms with van der Waals surface area (Å²) >= 11 is 0. The molecule has 2 heteroatoms. The van der Waals surface area contributed by atoms with Gasteiger partial charge in [0.1, 0.15) is 0 Å². The SMILES string of the molecule is [2H]C(C)c1cc(-c2ccccc2)ccc1N(c1c(C(C)C)ccc2c1C(C)(C)c1ccccc1-2)C(C)(C)C.[2H]C([2H])([2H])c1cc(-c2ccccc2)ccc1N(c1c(C([2H])([2H])[2H])ccc2c1C(C)(C)c1ccccc1-2)C(C)(C)C. The van der Waals surface area contributed by atoms with Gasteiger partial charge in [-0.1, -0.05) is 194 Å². The highest BCUT2D eigenvalue weighted by molar-refractivity contribution is 5.92. The second kappa shape index (κ2) is 18.5. The largest absolute Gasteiger partial charge is 0.335 e. The minimum Gasteiger partial charge on any atom is -0.335 e. The quantitative estimate of drug-likeness (QED) is 0.150. The van der Waals surface area contributed by atoms with E-state index in [-0.39, 0.29) is 28.5 Å². The van der Waals surface area contributed by atoms with Gasteiger partial charge in [-0.25, -0.2) is 0 Å². The summed E-state index contributed by atoms with van der Waals surface area (Å²) in [7, 11) is 0. The van der Waals surface area contributed by atoms with Crippen molar-refractivity contribution < 1.29 is 9.60 Å². The van der Waals surface area contributed by atoms with Gasteiger partial charge in [0.15, 0.2) is 0 Å². The summed E-state index contributed by atoms with van der Waals surface area (Å²) in [5.41, 5.74) is 18.4. The maximum absolute atomic E-state index is 8.93. The monoisotopic (exact) mass is 940 g/mol. The molecule has 8 aromatic rings. The van der Waals surface area contributed by atoms with Crippen molar-refractivity contribution in [1.82, 2.24) is 0 Å². The molecule has 10 rings (SSSR count). The maximum Gasteiger partial charge on any atom is 0.0498 e. The molecule has 0 bridgehead atoms. The van der Waals surface area contributed by atoms with E-state index < -0.39 is 24.7 Å². The molecule has 362 valence electrons. The molecule has 0 spiro atoms. The molecule has 1 atom stereocenters. The van der Waals surface area contributed by atoms with Gasteiger partial charge in [-0.15, -0.1) is 0 Å². The van der Waals surface area contributed by atoms with Crippen molar-refractivity contribution in [3.8, 4) is 44.5 Å². The van der Waals surface area contributed by atoms with Crippen molar-refractivity contribution in [3.63, 3.8) is 0 Å². The number of hydrogen-bond donors (Lipinski definition) is 0. The molecular weight excluding hydrogens is 857 g/mol. The molecule has 1 unspecified atom stereocenters. The predicted molar refractivity (Wildman–Crippen MR) is 308 cm³/mol. The molecule has 2 nitrogen and oxygen atoms in total. The smallest absolute Gasteiger partial charge is 0.0498 e. The lowest BCUT2D eigenvalue weighted by Crippen LogP contribution is -2.40. The Kier molecular flexibility index (Phi) is 10.7. The molecule has 0 fully saturated rings. The lowest BCUT2D eigenvalue weighted by atomic mass is 9.78. The Morgan fingerprint density at radius 3 is 1.41 bits per heavy atom. The summed E-state index contributed by atoms with van der Waals surface area (Å²) in [5.74, 6) is 0.361. The fourth-order valence-electron chi connectivity index (χ4n) is 11.6. The third-order valence-corrected chi connectivity index (χ3v) is 14.9. The predicted octanol–water partition coefficient (Wildman–Crippen LogP) is 19.5. The molecule has 0 N–H and O–H groups in total. The van der Waals surface area contributed by atoms with Gasteiger partial charge in [-0.05, 0) is 181 Å². The number of fused-ring (bicyclic) bond motifs is 6. The minimum absolute atomic E-state index is 0.133. The van der Waals surface area contributed by atoms with Crippen molar-refractivity contribution in [2.75, 3.05) is 9.80 Å². The lowest BCUT2D eigenvalue weighted by Gasteiger charge is -2.43. The molecule has 0 amide bonds. The summed E-state index contributed by atoms with van der Waals surface area (Å²) in [6, 6.07) is 57.8. The van der Waals surface area contributed by atoms with E-state index >= 15 is 0 Å². The Hall–Kier alpha value is -6.64. The van der Waals surface area contributed by atoms with Gasteiger partial charge in [0.05, 0.1) is 0 Å². The molecule has 0 saturated heterocycles. The molecule has 0 aliphatic heterocycles. The van der Waals surface area contributed by atoms with E-state index in [0.29, 0.717) is 17.3 Å². The number of rotatable bonds is 8. The number of aryl methyl sites for hydroxylation is 3. The van der Waals surface area contributed by atoms with Crippen molar-refractivity contribution >= 4 is 22.7 Å². The van der Waals surface area contributed by atoms with Crippen LogP contribution in [0.1, 0.15) is 150 Å². The minimum atomic E-state index is -2.43. The van der Waals surface area contributed by atoms with Crippen LogP contribution >= 0.6 is 0 Å². The Bertz CT molecular complexity index is 3520. The van der Waals surface area contributed by atoms with Crippen LogP contribution in [0.3, 0.4) is 0 Å². The molecule has 8 aromatic carbocycles. The Labute approximate surface area is 437 Å². The van der Waals surface area contributed by atoms with Crippen LogP contribution in [0.2, 0.25) is 0 Å². The summed E-state index contributed by atoms with van der Waals surface area (Å²) in [5, 5.41) is 0. The second-order valence-electron chi connectivity index (χ2n) is 22.8. The Balaban J connectivity index is 0.000000190. The molecule has 71 heavy (non-hydrogen) atoms. The standard InChI is InChI=1S/C36H41N.C33H35N/c1-9-25-23-27(26-15-11-10-12-16-26)19-22-32(25)37(35(4,5)6)34-28(24(2)3)20-21-30-29-17-13-14-18-31(29)36(7,8)33(30)34;1-22-17-19-27-26-15-11-12-16-28(26)33(6,7)30(27)31(22)34(32(3,4)5)29-20-18-25(21-23(29)2)24-13-9-8-10-14-24/h10-24H,9H2,1-8H3;8-21H,1-7H3/i9D;1D3,2D3. The van der Waals surface area contributed by atoms with Crippen LogP contribution in [-0.2, 0) is 17.2 Å². The van der Waals surface area contributed by atoms with Gasteiger partial charge in [0.25, 0.3) is 0 Å². The topological polar surface area (TPSA) is 6.48 Å². The fourth-order valence-corrected chi connectivity index (χ4v) is 11.6. The van der Waals surface area contributed by atoms with E-state index in [1.54, 1.807) is 12.1 Å². The van der Waals surface area contributed by atoms with E-state index in [2.05, 4.69) is 164 Å². The molecule has 0 radical (unpaired) electrons. The highest BCUT2D eigenvalue weighted by atomic mass is 15.2. The molecular formula is C69H76N2. The van der Waals surface area contributed by atoms with Crippen LogP contribution in [0.25, 0.3) is 44.5 Å². The first-order chi connectivity index (χ1) is 36.5.